The zero-order chi connectivity index (χ0) is 19.1. The molecule has 3 nitrogen and oxygen atoms in total. The van der Waals surface area contributed by atoms with E-state index in [0.717, 1.165) is 18.8 Å². The summed E-state index contributed by atoms with van der Waals surface area (Å²) < 4.78 is 0. The van der Waals surface area contributed by atoms with Crippen LogP contribution in [-0.4, -0.2) is 19.2 Å². The summed E-state index contributed by atoms with van der Waals surface area (Å²) in [5.74, 6) is -0.0812. The second kappa shape index (κ2) is 9.40. The van der Waals surface area contributed by atoms with E-state index in [0.29, 0.717) is 5.56 Å². The molecule has 4 heteroatoms. The fraction of sp³-hybridized carbons (Fsp3) is 0.174. The number of amides is 1. The van der Waals surface area contributed by atoms with Gasteiger partial charge in [-0.1, -0.05) is 42.5 Å². The Balaban J connectivity index is 1.55. The highest BCUT2D eigenvalue weighted by atomic mass is 32.2. The van der Waals surface area contributed by atoms with E-state index in [-0.39, 0.29) is 5.91 Å². The Morgan fingerprint density at radius 1 is 0.852 bits per heavy atom. The monoisotopic (exact) mass is 377 g/mol. The van der Waals surface area contributed by atoms with Crippen molar-refractivity contribution in [3.05, 3.63) is 95.6 Å². The van der Waals surface area contributed by atoms with Crippen LogP contribution in [0, 0.1) is 0 Å². The summed E-state index contributed by atoms with van der Waals surface area (Å²) in [4.78, 5) is 15.0. The predicted octanol–water partition coefficient (Wildman–Crippen LogP) is 3.88. The van der Waals surface area contributed by atoms with E-state index >= 15 is 0 Å². The van der Waals surface area contributed by atoms with Crippen molar-refractivity contribution in [2.75, 3.05) is 18.6 Å². The van der Waals surface area contributed by atoms with E-state index in [1.54, 1.807) is 11.8 Å². The molecule has 3 aromatic carbocycles. The molecule has 2 N–H and O–H groups in total. The first-order valence-corrected chi connectivity index (χ1v) is 10.3. The van der Waals surface area contributed by atoms with Gasteiger partial charge in [0, 0.05) is 27.3 Å². The number of hydrogen-bond donors (Lipinski definition) is 2. The number of thioether (sulfide) groups is 1. The smallest absolute Gasteiger partial charge is 0.255 e. The standard InChI is InChI=1S/C23H24N2OS/c1-25(17-19-10-14-22(27-2)15-11-19)16-18-8-12-20(13-9-18)23(26)24-21-6-4-3-5-7-21/h3-15H,16-17H2,1-2H3,(H,24,26)/p+1. The molecule has 0 bridgehead atoms. The van der Waals surface area contributed by atoms with Crippen molar-refractivity contribution < 1.29 is 9.69 Å². The summed E-state index contributed by atoms with van der Waals surface area (Å²) in [5, 5.41) is 2.91. The maximum Gasteiger partial charge on any atom is 0.255 e. The van der Waals surface area contributed by atoms with Gasteiger partial charge in [0.2, 0.25) is 0 Å². The highest BCUT2D eigenvalue weighted by molar-refractivity contribution is 7.98. The second-order valence-electron chi connectivity index (χ2n) is 6.68. The largest absolute Gasteiger partial charge is 0.330 e. The van der Waals surface area contributed by atoms with Crippen LogP contribution in [0.4, 0.5) is 5.69 Å². The Bertz CT molecular complexity index is 861. The molecule has 0 saturated carbocycles. The van der Waals surface area contributed by atoms with Crippen molar-refractivity contribution in [2.45, 2.75) is 18.0 Å². The van der Waals surface area contributed by atoms with Crippen LogP contribution in [0.3, 0.4) is 0 Å². The molecular weight excluding hydrogens is 352 g/mol. The molecule has 0 aliphatic rings. The van der Waals surface area contributed by atoms with E-state index in [2.05, 4.69) is 42.9 Å². The number of para-hydroxylation sites is 1. The Kier molecular flexibility index (Phi) is 6.69. The van der Waals surface area contributed by atoms with E-state index < -0.39 is 0 Å². The van der Waals surface area contributed by atoms with Crippen LogP contribution in [0.5, 0.6) is 0 Å². The first kappa shape index (κ1) is 19.2. The zero-order valence-electron chi connectivity index (χ0n) is 15.7. The number of nitrogens with one attached hydrogen (secondary N) is 2. The minimum atomic E-state index is -0.0812. The highest BCUT2D eigenvalue weighted by Gasteiger charge is 2.09. The average molecular weight is 378 g/mol. The second-order valence-corrected chi connectivity index (χ2v) is 7.56. The Labute approximate surface area is 165 Å². The van der Waals surface area contributed by atoms with E-state index in [1.165, 1.54) is 20.9 Å². The lowest BCUT2D eigenvalue weighted by molar-refractivity contribution is -0.907. The number of rotatable bonds is 7. The van der Waals surface area contributed by atoms with Gasteiger partial charge in [0.1, 0.15) is 13.1 Å². The van der Waals surface area contributed by atoms with Crippen LogP contribution in [0.15, 0.2) is 83.8 Å². The molecule has 0 fully saturated rings. The van der Waals surface area contributed by atoms with Gasteiger partial charge in [-0.3, -0.25) is 4.79 Å². The van der Waals surface area contributed by atoms with Crippen LogP contribution in [-0.2, 0) is 13.1 Å². The molecule has 0 saturated heterocycles. The molecule has 0 radical (unpaired) electrons. The maximum absolute atomic E-state index is 12.3. The summed E-state index contributed by atoms with van der Waals surface area (Å²) >= 11 is 1.76. The molecule has 27 heavy (non-hydrogen) atoms. The van der Waals surface area contributed by atoms with Crippen molar-refractivity contribution in [1.29, 1.82) is 0 Å². The highest BCUT2D eigenvalue weighted by Crippen LogP contribution is 2.14. The van der Waals surface area contributed by atoms with Crippen LogP contribution in [0.2, 0.25) is 0 Å². The number of anilines is 1. The van der Waals surface area contributed by atoms with Gasteiger partial charge in [-0.05, 0) is 42.7 Å². The lowest BCUT2D eigenvalue weighted by Crippen LogP contribution is -3.06. The van der Waals surface area contributed by atoms with Gasteiger partial charge in [-0.2, -0.15) is 0 Å². The molecule has 0 aliphatic heterocycles. The fourth-order valence-corrected chi connectivity index (χ4v) is 3.41. The van der Waals surface area contributed by atoms with E-state index in [9.17, 15) is 4.79 Å². The van der Waals surface area contributed by atoms with Crippen molar-refractivity contribution in [3.8, 4) is 0 Å². The van der Waals surface area contributed by atoms with Crippen molar-refractivity contribution in [2.24, 2.45) is 0 Å². The number of carbonyl (C=O) groups is 1. The third kappa shape index (κ3) is 5.71. The molecule has 1 atom stereocenters. The van der Waals surface area contributed by atoms with Gasteiger partial charge < -0.3 is 10.2 Å². The van der Waals surface area contributed by atoms with Crippen molar-refractivity contribution in [3.63, 3.8) is 0 Å². The minimum absolute atomic E-state index is 0.0812. The first-order valence-electron chi connectivity index (χ1n) is 9.03. The molecule has 0 heterocycles. The topological polar surface area (TPSA) is 33.5 Å². The molecule has 0 spiro atoms. The summed E-state index contributed by atoms with van der Waals surface area (Å²) in [6, 6.07) is 26.1. The predicted molar refractivity (Wildman–Crippen MR) is 113 cm³/mol. The molecule has 0 aromatic heterocycles. The lowest BCUT2D eigenvalue weighted by Gasteiger charge is -2.15. The van der Waals surface area contributed by atoms with Gasteiger partial charge in [0.05, 0.1) is 7.05 Å². The minimum Gasteiger partial charge on any atom is -0.330 e. The molecule has 1 unspecified atom stereocenters. The number of carbonyl (C=O) groups excluding carboxylic acids is 1. The van der Waals surface area contributed by atoms with Gasteiger partial charge in [0.15, 0.2) is 0 Å². The number of benzene rings is 3. The van der Waals surface area contributed by atoms with Gasteiger partial charge in [-0.25, -0.2) is 0 Å². The first-order chi connectivity index (χ1) is 13.1. The van der Waals surface area contributed by atoms with Crippen LogP contribution in [0.25, 0.3) is 0 Å². The molecule has 1 amide bonds. The molecule has 138 valence electrons. The molecule has 0 aliphatic carbocycles. The van der Waals surface area contributed by atoms with Gasteiger partial charge in [0.25, 0.3) is 5.91 Å². The third-order valence-electron chi connectivity index (χ3n) is 4.42. The Morgan fingerprint density at radius 2 is 1.41 bits per heavy atom. The van der Waals surface area contributed by atoms with Gasteiger partial charge >= 0.3 is 0 Å². The SMILES string of the molecule is CSc1ccc(C[NH+](C)Cc2ccc(C(=O)Nc3ccccc3)cc2)cc1. The van der Waals surface area contributed by atoms with Gasteiger partial charge in [-0.15, -0.1) is 11.8 Å². The van der Waals surface area contributed by atoms with E-state index in [1.807, 2.05) is 54.6 Å². The van der Waals surface area contributed by atoms with Crippen molar-refractivity contribution >= 4 is 23.4 Å². The van der Waals surface area contributed by atoms with Crippen LogP contribution >= 0.6 is 11.8 Å². The Hall–Kier alpha value is -2.56. The Morgan fingerprint density at radius 3 is 1.96 bits per heavy atom. The zero-order valence-corrected chi connectivity index (χ0v) is 16.6. The van der Waals surface area contributed by atoms with Crippen LogP contribution in [0.1, 0.15) is 21.5 Å². The summed E-state index contributed by atoms with van der Waals surface area (Å²) in [6.07, 6.45) is 2.09. The quantitative estimate of drug-likeness (QED) is 0.613. The maximum atomic E-state index is 12.3. The normalized spacial score (nSPS) is 11.8. The lowest BCUT2D eigenvalue weighted by atomic mass is 10.1. The summed E-state index contributed by atoms with van der Waals surface area (Å²) in [6.45, 7) is 1.90. The number of quaternary nitrogens is 1. The molecular formula is C23H25N2OS+. The molecule has 3 rings (SSSR count). The summed E-state index contributed by atoms with van der Waals surface area (Å²) in [7, 11) is 2.19. The number of hydrogen-bond acceptors (Lipinski definition) is 2. The fourth-order valence-electron chi connectivity index (χ4n) is 3.00. The molecule has 3 aromatic rings. The van der Waals surface area contributed by atoms with Crippen LogP contribution < -0.4 is 10.2 Å². The van der Waals surface area contributed by atoms with E-state index in [4.69, 9.17) is 0 Å². The average Bonchev–Trinajstić information content (AvgIpc) is 2.70. The summed E-state index contributed by atoms with van der Waals surface area (Å²) in [5.41, 5.74) is 4.05. The third-order valence-corrected chi connectivity index (χ3v) is 5.16. The van der Waals surface area contributed by atoms with Crippen molar-refractivity contribution in [1.82, 2.24) is 0 Å².